The summed E-state index contributed by atoms with van der Waals surface area (Å²) in [5.74, 6) is -2.29. The van der Waals surface area contributed by atoms with Crippen LogP contribution in [0.4, 0.5) is 17.6 Å². The van der Waals surface area contributed by atoms with Gasteiger partial charge < -0.3 is 19.3 Å². The minimum atomic E-state index is -4.79. The summed E-state index contributed by atoms with van der Waals surface area (Å²) >= 11 is 0. The van der Waals surface area contributed by atoms with Gasteiger partial charge in [0.1, 0.15) is 5.75 Å². The van der Waals surface area contributed by atoms with Crippen LogP contribution in [0.2, 0.25) is 0 Å². The molecule has 1 amide bonds. The molecule has 0 spiro atoms. The maximum atomic E-state index is 13.2. The molecule has 1 aliphatic heterocycles. The van der Waals surface area contributed by atoms with E-state index in [9.17, 15) is 27.5 Å². The largest absolute Gasteiger partial charge is 0.573 e. The second kappa shape index (κ2) is 7.94. The summed E-state index contributed by atoms with van der Waals surface area (Å²) in [6.45, 7) is 3.27. The summed E-state index contributed by atoms with van der Waals surface area (Å²) in [7, 11) is 1.77. The third kappa shape index (κ3) is 3.93. The summed E-state index contributed by atoms with van der Waals surface area (Å²) in [6.07, 6.45) is -3.20. The van der Waals surface area contributed by atoms with Gasteiger partial charge in [0.25, 0.3) is 5.91 Å². The Kier molecular flexibility index (Phi) is 5.41. The van der Waals surface area contributed by atoms with Crippen LogP contribution in [0.3, 0.4) is 0 Å². The van der Waals surface area contributed by atoms with E-state index in [0.717, 1.165) is 5.56 Å². The maximum absolute atomic E-state index is 13.2. The standard InChI is InChI=1S/C22H19F4N3O3/c1-12(23)21(31)29-8-14(9-29)16-7-17(19-20(18(16)10-30)28(2)11-27-19)13-3-5-15(6-4-13)32-22(24,25)26/h3-7,11,14,30H,1,8-10H2,2H3. The molecule has 6 nitrogen and oxygen atoms in total. The first kappa shape index (κ1) is 21.8. The number of fused-ring (bicyclic) bond motifs is 1. The molecule has 1 saturated heterocycles. The van der Waals surface area contributed by atoms with Crippen LogP contribution in [0.15, 0.2) is 49.1 Å². The zero-order chi connectivity index (χ0) is 23.2. The van der Waals surface area contributed by atoms with E-state index in [1.54, 1.807) is 17.9 Å². The average molecular weight is 449 g/mol. The topological polar surface area (TPSA) is 67.6 Å². The lowest BCUT2D eigenvalue weighted by Gasteiger charge is -2.40. The van der Waals surface area contributed by atoms with Crippen LogP contribution >= 0.6 is 0 Å². The van der Waals surface area contributed by atoms with Crippen LogP contribution in [0.25, 0.3) is 22.2 Å². The van der Waals surface area contributed by atoms with Gasteiger partial charge in [-0.05, 0) is 29.3 Å². The smallest absolute Gasteiger partial charge is 0.406 e. The van der Waals surface area contributed by atoms with Crippen molar-refractivity contribution >= 4 is 16.9 Å². The molecular formula is C22H19F4N3O3. The van der Waals surface area contributed by atoms with Crippen LogP contribution < -0.4 is 4.74 Å². The first-order valence-corrected chi connectivity index (χ1v) is 9.66. The van der Waals surface area contributed by atoms with Crippen molar-refractivity contribution in [1.82, 2.24) is 14.5 Å². The summed E-state index contributed by atoms with van der Waals surface area (Å²) in [5, 5.41) is 10.1. The van der Waals surface area contributed by atoms with Gasteiger partial charge in [0.05, 0.1) is 24.0 Å². The number of hydrogen-bond donors (Lipinski definition) is 1. The zero-order valence-electron chi connectivity index (χ0n) is 17.0. The fraction of sp³-hybridized carbons (Fsp3) is 0.273. The summed E-state index contributed by atoms with van der Waals surface area (Å²) < 4.78 is 56.3. The molecule has 168 valence electrons. The molecule has 1 N–H and O–H groups in total. The number of carbonyl (C=O) groups excluding carboxylic acids is 1. The molecule has 3 aromatic rings. The number of alkyl halides is 3. The fourth-order valence-electron chi connectivity index (χ4n) is 4.03. The number of amides is 1. The van der Waals surface area contributed by atoms with Crippen LogP contribution in [-0.4, -0.2) is 44.9 Å². The Balaban J connectivity index is 1.76. The molecule has 0 bridgehead atoms. The first-order chi connectivity index (χ1) is 15.1. The molecule has 0 aliphatic carbocycles. The summed E-state index contributed by atoms with van der Waals surface area (Å²) in [6, 6.07) is 7.24. The van der Waals surface area contributed by atoms with Crippen molar-refractivity contribution in [2.24, 2.45) is 7.05 Å². The van der Waals surface area contributed by atoms with E-state index in [2.05, 4.69) is 16.3 Å². The lowest BCUT2D eigenvalue weighted by atomic mass is 9.85. The van der Waals surface area contributed by atoms with E-state index >= 15 is 0 Å². The van der Waals surface area contributed by atoms with Crippen molar-refractivity contribution in [1.29, 1.82) is 0 Å². The van der Waals surface area contributed by atoms with E-state index in [0.29, 0.717) is 27.7 Å². The molecule has 0 atom stereocenters. The molecule has 10 heteroatoms. The van der Waals surface area contributed by atoms with Crippen LogP contribution in [0.1, 0.15) is 17.0 Å². The molecule has 0 saturated carbocycles. The number of halogens is 4. The molecule has 32 heavy (non-hydrogen) atoms. The zero-order valence-corrected chi connectivity index (χ0v) is 17.0. The number of aryl methyl sites for hydroxylation is 1. The quantitative estimate of drug-likeness (QED) is 0.472. The van der Waals surface area contributed by atoms with Crippen molar-refractivity contribution < 1.29 is 32.2 Å². The molecule has 1 aromatic heterocycles. The van der Waals surface area contributed by atoms with Crippen LogP contribution in [0.5, 0.6) is 5.75 Å². The van der Waals surface area contributed by atoms with Gasteiger partial charge in [-0.1, -0.05) is 18.7 Å². The second-order valence-electron chi connectivity index (χ2n) is 7.59. The highest BCUT2D eigenvalue weighted by molar-refractivity contribution is 5.96. The Hall–Kier alpha value is -3.40. The van der Waals surface area contributed by atoms with Gasteiger partial charge in [0.2, 0.25) is 0 Å². The maximum Gasteiger partial charge on any atom is 0.573 e. The average Bonchev–Trinajstić information content (AvgIpc) is 3.07. The lowest BCUT2D eigenvalue weighted by molar-refractivity contribution is -0.274. The molecule has 2 aromatic carbocycles. The van der Waals surface area contributed by atoms with E-state index in [1.165, 1.54) is 29.2 Å². The minimum absolute atomic E-state index is 0.147. The molecule has 0 unspecified atom stereocenters. The van der Waals surface area contributed by atoms with Crippen molar-refractivity contribution in [3.8, 4) is 16.9 Å². The number of hydrogen-bond acceptors (Lipinski definition) is 4. The number of ether oxygens (including phenoxy) is 1. The number of aromatic nitrogens is 2. The van der Waals surface area contributed by atoms with Crippen molar-refractivity contribution in [2.45, 2.75) is 18.9 Å². The third-order valence-corrected chi connectivity index (χ3v) is 5.52. The monoisotopic (exact) mass is 449 g/mol. The SMILES string of the molecule is C=C(F)C(=O)N1CC(c2cc(-c3ccc(OC(F)(F)F)cc3)c3ncn(C)c3c2CO)C1. The molecule has 4 rings (SSSR count). The Labute approximate surface area is 180 Å². The molecule has 0 radical (unpaired) electrons. The number of imidazole rings is 1. The van der Waals surface area contributed by atoms with E-state index in [-0.39, 0.29) is 31.4 Å². The number of rotatable bonds is 5. The Morgan fingerprint density at radius 2 is 1.94 bits per heavy atom. The Morgan fingerprint density at radius 1 is 1.28 bits per heavy atom. The normalized spacial score (nSPS) is 14.5. The van der Waals surface area contributed by atoms with Crippen molar-refractivity contribution in [2.75, 3.05) is 13.1 Å². The Morgan fingerprint density at radius 3 is 2.50 bits per heavy atom. The Bertz CT molecular complexity index is 1200. The van der Waals surface area contributed by atoms with E-state index in [1.807, 2.05) is 6.07 Å². The van der Waals surface area contributed by atoms with Crippen molar-refractivity contribution in [3.05, 3.63) is 60.2 Å². The van der Waals surface area contributed by atoms with E-state index < -0.39 is 18.1 Å². The first-order valence-electron chi connectivity index (χ1n) is 9.66. The van der Waals surface area contributed by atoms with Crippen molar-refractivity contribution in [3.63, 3.8) is 0 Å². The predicted molar refractivity (Wildman–Crippen MR) is 108 cm³/mol. The molecule has 1 aliphatic rings. The predicted octanol–water partition coefficient (Wildman–Crippen LogP) is 4.04. The fourth-order valence-corrected chi connectivity index (χ4v) is 4.03. The highest BCUT2D eigenvalue weighted by Gasteiger charge is 2.35. The number of nitrogens with zero attached hydrogens (tertiary/aromatic N) is 3. The van der Waals surface area contributed by atoms with Gasteiger partial charge in [0.15, 0.2) is 5.83 Å². The third-order valence-electron chi connectivity index (χ3n) is 5.52. The lowest BCUT2D eigenvalue weighted by Crippen LogP contribution is -2.48. The molecule has 2 heterocycles. The molecular weight excluding hydrogens is 430 g/mol. The highest BCUT2D eigenvalue weighted by atomic mass is 19.4. The highest BCUT2D eigenvalue weighted by Crippen LogP contribution is 2.39. The van der Waals surface area contributed by atoms with Gasteiger partial charge in [-0.3, -0.25) is 4.79 Å². The summed E-state index contributed by atoms with van der Waals surface area (Å²) in [5.41, 5.74) is 3.92. The van der Waals surface area contributed by atoms with Gasteiger partial charge in [0, 0.05) is 37.2 Å². The van der Waals surface area contributed by atoms with Gasteiger partial charge in [-0.15, -0.1) is 13.2 Å². The summed E-state index contributed by atoms with van der Waals surface area (Å²) in [4.78, 5) is 17.5. The minimum Gasteiger partial charge on any atom is -0.406 e. The van der Waals surface area contributed by atoms with Gasteiger partial charge in [-0.2, -0.15) is 0 Å². The van der Waals surface area contributed by atoms with Gasteiger partial charge in [-0.25, -0.2) is 9.37 Å². The number of carbonyl (C=O) groups is 1. The van der Waals surface area contributed by atoms with Gasteiger partial charge >= 0.3 is 6.36 Å². The number of aliphatic hydroxyl groups excluding tert-OH is 1. The molecule has 1 fully saturated rings. The number of benzene rings is 2. The van der Waals surface area contributed by atoms with Crippen LogP contribution in [-0.2, 0) is 18.4 Å². The van der Waals surface area contributed by atoms with E-state index in [4.69, 9.17) is 0 Å². The number of aliphatic hydroxyl groups is 1. The second-order valence-corrected chi connectivity index (χ2v) is 7.59. The van der Waals surface area contributed by atoms with Crippen LogP contribution in [0, 0.1) is 0 Å². The number of likely N-dealkylation sites (tertiary alicyclic amines) is 1.